The van der Waals surface area contributed by atoms with Crippen LogP contribution in [0, 0.1) is 6.92 Å². The normalized spacial score (nSPS) is 11.3. The zero-order chi connectivity index (χ0) is 19.4. The van der Waals surface area contributed by atoms with E-state index in [0.717, 1.165) is 17.4 Å². The van der Waals surface area contributed by atoms with Crippen LogP contribution >= 0.6 is 11.8 Å². The lowest BCUT2D eigenvalue weighted by Crippen LogP contribution is -2.14. The van der Waals surface area contributed by atoms with Crippen LogP contribution in [0.3, 0.4) is 0 Å². The first kappa shape index (κ1) is 19.1. The molecular weight excluding hydrogens is 384 g/mol. The minimum Gasteiger partial charge on any atom is -0.325 e. The minimum atomic E-state index is -3.32. The first-order chi connectivity index (χ1) is 12.8. The van der Waals surface area contributed by atoms with Gasteiger partial charge in [0.25, 0.3) is 0 Å². The van der Waals surface area contributed by atoms with Gasteiger partial charge in [-0.3, -0.25) is 9.89 Å². The maximum atomic E-state index is 12.1. The van der Waals surface area contributed by atoms with Gasteiger partial charge in [-0.25, -0.2) is 13.4 Å². The highest BCUT2D eigenvalue weighted by Gasteiger charge is 2.11. The summed E-state index contributed by atoms with van der Waals surface area (Å²) in [5, 5.41) is 10.1. The molecule has 1 amide bonds. The highest BCUT2D eigenvalue weighted by molar-refractivity contribution is 7.99. The highest BCUT2D eigenvalue weighted by Crippen LogP contribution is 2.20. The molecule has 1 heterocycles. The number of aromatic nitrogens is 3. The van der Waals surface area contributed by atoms with Crippen LogP contribution in [0.2, 0.25) is 0 Å². The van der Waals surface area contributed by atoms with E-state index in [-0.39, 0.29) is 16.6 Å². The fourth-order valence-electron chi connectivity index (χ4n) is 2.28. The van der Waals surface area contributed by atoms with E-state index in [1.54, 1.807) is 12.1 Å². The number of carbonyl (C=O) groups excluding carboxylic acids is 1. The van der Waals surface area contributed by atoms with Crippen LogP contribution in [0.4, 0.5) is 5.69 Å². The Labute approximate surface area is 161 Å². The molecule has 0 fully saturated rings. The molecule has 0 aliphatic rings. The number of amides is 1. The second-order valence-corrected chi connectivity index (χ2v) is 8.93. The van der Waals surface area contributed by atoms with Gasteiger partial charge in [-0.2, -0.15) is 0 Å². The van der Waals surface area contributed by atoms with E-state index in [1.807, 2.05) is 31.2 Å². The maximum absolute atomic E-state index is 12.1. The Hall–Kier alpha value is -2.65. The monoisotopic (exact) mass is 402 g/mol. The molecule has 2 N–H and O–H groups in total. The number of H-pyrrole nitrogens is 1. The molecule has 3 aromatic rings. The number of rotatable bonds is 6. The number of nitrogens with one attached hydrogen (secondary N) is 2. The van der Waals surface area contributed by atoms with E-state index in [2.05, 4.69) is 20.5 Å². The Morgan fingerprint density at radius 2 is 1.93 bits per heavy atom. The molecule has 0 saturated heterocycles. The Balaban J connectivity index is 1.59. The first-order valence-corrected chi connectivity index (χ1v) is 10.9. The number of aromatic amines is 1. The van der Waals surface area contributed by atoms with E-state index in [1.165, 1.54) is 23.9 Å². The number of nitrogens with zero attached hydrogens (tertiary/aromatic N) is 2. The van der Waals surface area contributed by atoms with Gasteiger partial charge in [-0.15, -0.1) is 5.10 Å². The van der Waals surface area contributed by atoms with Gasteiger partial charge in [0.15, 0.2) is 15.7 Å². The van der Waals surface area contributed by atoms with Crippen molar-refractivity contribution >= 4 is 33.2 Å². The standard InChI is InChI=1S/C18H18N4O3S2/c1-12-6-8-13(9-7-12)17-20-18(22-21-17)26-11-16(23)19-14-4-3-5-15(10-14)27(2,24)25/h3-10H,11H2,1-2H3,(H,19,23)(H,20,21,22). The Kier molecular flexibility index (Phi) is 5.62. The van der Waals surface area contributed by atoms with E-state index < -0.39 is 9.84 Å². The quantitative estimate of drug-likeness (QED) is 0.614. The molecule has 7 nitrogen and oxygen atoms in total. The van der Waals surface area contributed by atoms with E-state index in [9.17, 15) is 13.2 Å². The van der Waals surface area contributed by atoms with Crippen LogP contribution in [-0.4, -0.2) is 41.5 Å². The fourth-order valence-corrected chi connectivity index (χ4v) is 3.55. The van der Waals surface area contributed by atoms with Crippen molar-refractivity contribution in [3.8, 4) is 11.4 Å². The number of hydrogen-bond acceptors (Lipinski definition) is 6. The van der Waals surface area contributed by atoms with E-state index >= 15 is 0 Å². The Bertz CT molecular complexity index is 1060. The molecule has 0 bridgehead atoms. The van der Waals surface area contributed by atoms with Crippen molar-refractivity contribution < 1.29 is 13.2 Å². The number of hydrogen-bond donors (Lipinski definition) is 2. The molecule has 3 rings (SSSR count). The van der Waals surface area contributed by atoms with Crippen molar-refractivity contribution in [1.29, 1.82) is 0 Å². The third-order valence-corrected chi connectivity index (χ3v) is 5.63. The smallest absolute Gasteiger partial charge is 0.234 e. The van der Waals surface area contributed by atoms with E-state index in [4.69, 9.17) is 0 Å². The average molecular weight is 403 g/mol. The number of sulfone groups is 1. The van der Waals surface area contributed by atoms with Gasteiger partial charge in [0, 0.05) is 17.5 Å². The van der Waals surface area contributed by atoms with Gasteiger partial charge in [0.2, 0.25) is 11.1 Å². The lowest BCUT2D eigenvalue weighted by atomic mass is 10.1. The summed E-state index contributed by atoms with van der Waals surface area (Å²) in [5.74, 6) is 0.472. The maximum Gasteiger partial charge on any atom is 0.234 e. The van der Waals surface area contributed by atoms with Crippen molar-refractivity contribution in [3.05, 3.63) is 54.1 Å². The van der Waals surface area contributed by atoms with Crippen LogP contribution in [0.25, 0.3) is 11.4 Å². The first-order valence-electron chi connectivity index (χ1n) is 8.03. The predicted molar refractivity (Wildman–Crippen MR) is 105 cm³/mol. The largest absolute Gasteiger partial charge is 0.325 e. The topological polar surface area (TPSA) is 105 Å². The van der Waals surface area contributed by atoms with Crippen molar-refractivity contribution in [1.82, 2.24) is 15.2 Å². The number of carbonyl (C=O) groups is 1. The summed E-state index contributed by atoms with van der Waals surface area (Å²) >= 11 is 1.19. The molecule has 0 atom stereocenters. The third kappa shape index (κ3) is 5.18. The Morgan fingerprint density at radius 1 is 1.19 bits per heavy atom. The molecule has 0 saturated carbocycles. The molecule has 9 heteroatoms. The number of aryl methyl sites for hydroxylation is 1. The lowest BCUT2D eigenvalue weighted by Gasteiger charge is -2.06. The van der Waals surface area contributed by atoms with Gasteiger partial charge >= 0.3 is 0 Å². The van der Waals surface area contributed by atoms with Crippen LogP contribution in [0.5, 0.6) is 0 Å². The van der Waals surface area contributed by atoms with Gasteiger partial charge < -0.3 is 5.32 Å². The number of benzene rings is 2. The fraction of sp³-hybridized carbons (Fsp3) is 0.167. The summed E-state index contributed by atoms with van der Waals surface area (Å²) in [6.07, 6.45) is 1.12. The lowest BCUT2D eigenvalue weighted by molar-refractivity contribution is -0.113. The average Bonchev–Trinajstić information content (AvgIpc) is 3.09. The highest BCUT2D eigenvalue weighted by atomic mass is 32.2. The van der Waals surface area contributed by atoms with Crippen LogP contribution in [0.1, 0.15) is 5.56 Å². The summed E-state index contributed by atoms with van der Waals surface area (Å²) < 4.78 is 23.2. The molecule has 1 aromatic heterocycles. The van der Waals surface area contributed by atoms with E-state index in [0.29, 0.717) is 16.7 Å². The summed E-state index contributed by atoms with van der Waals surface area (Å²) in [7, 11) is -3.32. The van der Waals surface area contributed by atoms with Crippen molar-refractivity contribution in [2.75, 3.05) is 17.3 Å². The van der Waals surface area contributed by atoms with Crippen LogP contribution in [0.15, 0.2) is 58.6 Å². The molecule has 140 valence electrons. The molecule has 0 unspecified atom stereocenters. The Morgan fingerprint density at radius 3 is 2.63 bits per heavy atom. The van der Waals surface area contributed by atoms with Crippen LogP contribution in [-0.2, 0) is 14.6 Å². The SMILES string of the molecule is Cc1ccc(-c2nc(SCC(=O)Nc3cccc(S(C)(=O)=O)c3)n[nH]2)cc1. The second-order valence-electron chi connectivity index (χ2n) is 5.97. The molecule has 27 heavy (non-hydrogen) atoms. The number of thioether (sulfide) groups is 1. The second kappa shape index (κ2) is 7.93. The summed E-state index contributed by atoms with van der Waals surface area (Å²) in [6.45, 7) is 2.01. The van der Waals surface area contributed by atoms with Gasteiger partial charge in [-0.1, -0.05) is 47.7 Å². The zero-order valence-corrected chi connectivity index (χ0v) is 16.4. The van der Waals surface area contributed by atoms with Crippen molar-refractivity contribution in [2.45, 2.75) is 17.0 Å². The summed E-state index contributed by atoms with van der Waals surface area (Å²) in [5.41, 5.74) is 2.50. The third-order valence-electron chi connectivity index (χ3n) is 3.67. The van der Waals surface area contributed by atoms with Crippen molar-refractivity contribution in [2.24, 2.45) is 0 Å². The predicted octanol–water partition coefficient (Wildman–Crippen LogP) is 2.91. The molecule has 0 spiro atoms. The minimum absolute atomic E-state index is 0.105. The van der Waals surface area contributed by atoms with Gasteiger partial charge in [0.1, 0.15) is 0 Å². The van der Waals surface area contributed by atoms with Gasteiger partial charge in [0.05, 0.1) is 10.6 Å². The summed E-state index contributed by atoms with van der Waals surface area (Å²) in [4.78, 5) is 16.6. The van der Waals surface area contributed by atoms with Gasteiger partial charge in [-0.05, 0) is 25.1 Å². The summed E-state index contributed by atoms with van der Waals surface area (Å²) in [6, 6.07) is 14.0. The van der Waals surface area contributed by atoms with Crippen LogP contribution < -0.4 is 5.32 Å². The molecule has 0 aliphatic carbocycles. The molecule has 0 aliphatic heterocycles. The zero-order valence-electron chi connectivity index (χ0n) is 14.8. The molecular formula is C18H18N4O3S2. The molecule has 2 aromatic carbocycles. The number of anilines is 1. The molecule has 0 radical (unpaired) electrons. The van der Waals surface area contributed by atoms with Crippen molar-refractivity contribution in [3.63, 3.8) is 0 Å².